The van der Waals surface area contributed by atoms with Gasteiger partial charge in [-0.1, -0.05) is 73.7 Å². The van der Waals surface area contributed by atoms with E-state index in [1.54, 1.807) is 0 Å². The number of carbonyl (C=O) groups is 1. The molecule has 1 N–H and O–H groups in total. The van der Waals surface area contributed by atoms with Crippen LogP contribution in [-0.2, 0) is 13.1 Å². The van der Waals surface area contributed by atoms with Gasteiger partial charge in [-0.15, -0.1) is 11.3 Å². The molecule has 5 rings (SSSR count). The first-order valence-corrected chi connectivity index (χ1v) is 14.0. The molecule has 0 saturated heterocycles. The predicted octanol–water partition coefficient (Wildman–Crippen LogP) is 6.24. The van der Waals surface area contributed by atoms with E-state index in [1.165, 1.54) is 22.5 Å². The first-order chi connectivity index (χ1) is 18.7. The van der Waals surface area contributed by atoms with Gasteiger partial charge in [0.15, 0.2) is 11.5 Å². The van der Waals surface area contributed by atoms with Crippen LogP contribution in [0.25, 0.3) is 0 Å². The predicted molar refractivity (Wildman–Crippen MR) is 151 cm³/mol. The number of thiazole rings is 1. The zero-order valence-electron chi connectivity index (χ0n) is 21.6. The number of ether oxygens (including phenoxy) is 2. The Hall–Kier alpha value is -3.68. The smallest absolute Gasteiger partial charge is 0.270 e. The molecule has 0 unspecified atom stereocenters. The minimum atomic E-state index is -0.107. The number of nitrogens with zero attached hydrogens (tertiary/aromatic N) is 2. The van der Waals surface area contributed by atoms with Gasteiger partial charge in [-0.05, 0) is 48.2 Å². The molecule has 0 aliphatic carbocycles. The standard InChI is InChI=1S/C31H33N3O3S/c1-2-16-32-31(35)27-21-38-30(33-27)20-34(19-23-13-14-28-29(18-23)37-22-36-28)17-15-26(24-9-5-3-6-10-24)25-11-7-4-8-12-25/h3-14,18,21,26H,2,15-17,19-20,22H2,1H3,(H,32,35). The number of rotatable bonds is 12. The molecule has 3 aromatic carbocycles. The number of carbonyl (C=O) groups excluding carboxylic acids is 1. The Balaban J connectivity index is 1.35. The Morgan fingerprint density at radius 2 is 1.68 bits per heavy atom. The van der Waals surface area contributed by atoms with Gasteiger partial charge in [-0.2, -0.15) is 0 Å². The van der Waals surface area contributed by atoms with E-state index in [0.717, 1.165) is 48.0 Å². The maximum Gasteiger partial charge on any atom is 0.270 e. The number of nitrogens with one attached hydrogen (secondary N) is 1. The first kappa shape index (κ1) is 25.9. The van der Waals surface area contributed by atoms with E-state index >= 15 is 0 Å². The van der Waals surface area contributed by atoms with Crippen LogP contribution in [0.15, 0.2) is 84.2 Å². The van der Waals surface area contributed by atoms with Crippen LogP contribution in [0.3, 0.4) is 0 Å². The lowest BCUT2D eigenvalue weighted by atomic mass is 9.88. The second-order valence-electron chi connectivity index (χ2n) is 9.44. The van der Waals surface area contributed by atoms with Crippen LogP contribution in [0.5, 0.6) is 11.5 Å². The highest BCUT2D eigenvalue weighted by molar-refractivity contribution is 7.09. The maximum absolute atomic E-state index is 12.4. The van der Waals surface area contributed by atoms with Gasteiger partial charge in [0.1, 0.15) is 10.7 Å². The van der Waals surface area contributed by atoms with Crippen LogP contribution < -0.4 is 14.8 Å². The van der Waals surface area contributed by atoms with Crippen LogP contribution in [0.2, 0.25) is 0 Å². The van der Waals surface area contributed by atoms with Gasteiger partial charge in [0.05, 0.1) is 6.54 Å². The Morgan fingerprint density at radius 3 is 2.39 bits per heavy atom. The number of hydrogen-bond acceptors (Lipinski definition) is 6. The summed E-state index contributed by atoms with van der Waals surface area (Å²) < 4.78 is 11.1. The summed E-state index contributed by atoms with van der Waals surface area (Å²) in [6.45, 7) is 5.22. The second-order valence-corrected chi connectivity index (χ2v) is 10.4. The van der Waals surface area contributed by atoms with Gasteiger partial charge >= 0.3 is 0 Å². The van der Waals surface area contributed by atoms with Crippen molar-refractivity contribution in [3.8, 4) is 11.5 Å². The van der Waals surface area contributed by atoms with Crippen molar-refractivity contribution in [2.75, 3.05) is 19.9 Å². The average Bonchev–Trinajstić information content (AvgIpc) is 3.62. The van der Waals surface area contributed by atoms with E-state index in [9.17, 15) is 4.79 Å². The Labute approximate surface area is 228 Å². The lowest BCUT2D eigenvalue weighted by Crippen LogP contribution is -2.26. The van der Waals surface area contributed by atoms with Gasteiger partial charge in [0, 0.05) is 24.4 Å². The van der Waals surface area contributed by atoms with Gasteiger partial charge in [-0.3, -0.25) is 9.69 Å². The molecule has 0 atom stereocenters. The lowest BCUT2D eigenvalue weighted by molar-refractivity contribution is 0.0949. The molecule has 1 aliphatic rings. The van der Waals surface area contributed by atoms with Crippen molar-refractivity contribution in [2.45, 2.75) is 38.8 Å². The number of hydrogen-bond donors (Lipinski definition) is 1. The molecule has 0 spiro atoms. The third-order valence-corrected chi connectivity index (χ3v) is 7.49. The minimum absolute atomic E-state index is 0.107. The molecule has 1 amide bonds. The van der Waals surface area contributed by atoms with Crippen LogP contribution in [0.4, 0.5) is 0 Å². The average molecular weight is 528 g/mol. The summed E-state index contributed by atoms with van der Waals surface area (Å²) in [5.74, 6) is 1.75. The monoisotopic (exact) mass is 527 g/mol. The highest BCUT2D eigenvalue weighted by Gasteiger charge is 2.20. The molecule has 1 aromatic heterocycles. The summed E-state index contributed by atoms with van der Waals surface area (Å²) >= 11 is 1.54. The molecule has 0 saturated carbocycles. The van der Waals surface area contributed by atoms with Gasteiger partial charge in [0.2, 0.25) is 6.79 Å². The number of aromatic nitrogens is 1. The third kappa shape index (κ3) is 6.60. The SMILES string of the molecule is CCCNC(=O)c1csc(CN(CCC(c2ccccc2)c2ccccc2)Cc2ccc3c(c2)OCO3)n1. The molecular weight excluding hydrogens is 494 g/mol. The summed E-state index contributed by atoms with van der Waals surface area (Å²) in [6, 6.07) is 27.5. The number of amides is 1. The number of fused-ring (bicyclic) bond motifs is 1. The zero-order valence-corrected chi connectivity index (χ0v) is 22.5. The van der Waals surface area contributed by atoms with Crippen LogP contribution >= 0.6 is 11.3 Å². The molecule has 38 heavy (non-hydrogen) atoms. The first-order valence-electron chi connectivity index (χ1n) is 13.1. The maximum atomic E-state index is 12.4. The second kappa shape index (κ2) is 12.7. The van der Waals surface area contributed by atoms with Crippen molar-refractivity contribution in [2.24, 2.45) is 0 Å². The van der Waals surface area contributed by atoms with E-state index in [0.29, 0.717) is 18.8 Å². The summed E-state index contributed by atoms with van der Waals surface area (Å²) in [5.41, 5.74) is 4.27. The number of benzene rings is 3. The van der Waals surface area contributed by atoms with E-state index in [4.69, 9.17) is 9.47 Å². The van der Waals surface area contributed by atoms with Crippen molar-refractivity contribution in [3.63, 3.8) is 0 Å². The van der Waals surface area contributed by atoms with Crippen molar-refractivity contribution in [1.29, 1.82) is 0 Å². The van der Waals surface area contributed by atoms with Gasteiger partial charge < -0.3 is 14.8 Å². The molecule has 0 fully saturated rings. The molecule has 1 aliphatic heterocycles. The fourth-order valence-electron chi connectivity index (χ4n) is 4.73. The molecule has 6 nitrogen and oxygen atoms in total. The van der Waals surface area contributed by atoms with Gasteiger partial charge in [0.25, 0.3) is 5.91 Å². The van der Waals surface area contributed by atoms with Crippen LogP contribution in [-0.4, -0.2) is 35.7 Å². The highest BCUT2D eigenvalue weighted by Crippen LogP contribution is 2.33. The summed E-state index contributed by atoms with van der Waals surface area (Å²) in [5, 5.41) is 5.71. The molecule has 4 aromatic rings. The topological polar surface area (TPSA) is 63.7 Å². The van der Waals surface area contributed by atoms with E-state index in [2.05, 4.69) is 88.0 Å². The zero-order chi connectivity index (χ0) is 26.2. The molecule has 2 heterocycles. The molecule has 7 heteroatoms. The van der Waals surface area contributed by atoms with Crippen molar-refractivity contribution >= 4 is 17.2 Å². The lowest BCUT2D eigenvalue weighted by Gasteiger charge is -2.25. The molecule has 0 radical (unpaired) electrons. The van der Waals surface area contributed by atoms with E-state index < -0.39 is 0 Å². The summed E-state index contributed by atoms with van der Waals surface area (Å²) in [7, 11) is 0. The molecule has 0 bridgehead atoms. The Kier molecular flexibility index (Phi) is 8.68. The fourth-order valence-corrected chi connectivity index (χ4v) is 5.54. The Morgan fingerprint density at radius 1 is 0.974 bits per heavy atom. The minimum Gasteiger partial charge on any atom is -0.454 e. The highest BCUT2D eigenvalue weighted by atomic mass is 32.1. The summed E-state index contributed by atoms with van der Waals surface area (Å²) in [4.78, 5) is 19.5. The molecular formula is C31H33N3O3S. The van der Waals surface area contributed by atoms with E-state index in [-0.39, 0.29) is 18.6 Å². The van der Waals surface area contributed by atoms with E-state index in [1.807, 2.05) is 18.4 Å². The fraction of sp³-hybridized carbons (Fsp3) is 0.290. The largest absolute Gasteiger partial charge is 0.454 e. The normalized spacial score (nSPS) is 12.3. The van der Waals surface area contributed by atoms with Crippen LogP contribution in [0.1, 0.15) is 57.9 Å². The van der Waals surface area contributed by atoms with Crippen LogP contribution in [0, 0.1) is 0 Å². The van der Waals surface area contributed by atoms with Crippen molar-refractivity contribution < 1.29 is 14.3 Å². The Bertz CT molecular complexity index is 1290. The summed E-state index contributed by atoms with van der Waals surface area (Å²) in [6.07, 6.45) is 1.85. The molecule has 196 valence electrons. The van der Waals surface area contributed by atoms with Gasteiger partial charge in [-0.25, -0.2) is 4.98 Å². The van der Waals surface area contributed by atoms with Crippen molar-refractivity contribution in [3.05, 3.63) is 112 Å². The quantitative estimate of drug-likeness (QED) is 0.236. The third-order valence-electron chi connectivity index (χ3n) is 6.66. The van der Waals surface area contributed by atoms with Crippen molar-refractivity contribution in [1.82, 2.24) is 15.2 Å².